The second kappa shape index (κ2) is 8.76. The highest BCUT2D eigenvalue weighted by Crippen LogP contribution is 2.40. The fraction of sp³-hybridized carbons (Fsp3) is 0.542. The van der Waals surface area contributed by atoms with E-state index in [4.69, 9.17) is 0 Å². The lowest BCUT2D eigenvalue weighted by Gasteiger charge is -2.30. The van der Waals surface area contributed by atoms with E-state index in [0.717, 1.165) is 49.6 Å². The summed E-state index contributed by atoms with van der Waals surface area (Å²) >= 11 is 0. The summed E-state index contributed by atoms with van der Waals surface area (Å²) in [6.45, 7) is 6.40. The number of hydrogen-bond donors (Lipinski definition) is 0. The summed E-state index contributed by atoms with van der Waals surface area (Å²) in [4.78, 5) is 11.3. The number of fused-ring (bicyclic) bond motifs is 1. The highest BCUT2D eigenvalue weighted by atomic mass is 19.4. The summed E-state index contributed by atoms with van der Waals surface area (Å²) < 4.78 is 41.4. The molecule has 0 saturated carbocycles. The third-order valence-corrected chi connectivity index (χ3v) is 6.07. The van der Waals surface area contributed by atoms with E-state index in [1.807, 2.05) is 0 Å². The van der Waals surface area contributed by atoms with E-state index >= 15 is 0 Å². The van der Waals surface area contributed by atoms with Gasteiger partial charge in [0.15, 0.2) is 0 Å². The average molecular weight is 406 g/mol. The Morgan fingerprint density at radius 2 is 1.86 bits per heavy atom. The highest BCUT2D eigenvalue weighted by Gasteiger charge is 2.32. The van der Waals surface area contributed by atoms with Crippen LogP contribution < -0.4 is 0 Å². The quantitative estimate of drug-likeness (QED) is 0.462. The molecule has 1 heterocycles. The van der Waals surface area contributed by atoms with E-state index in [9.17, 15) is 18.0 Å². The maximum atomic E-state index is 13.0. The monoisotopic (exact) mass is 405 g/mol. The van der Waals surface area contributed by atoms with Crippen molar-refractivity contribution >= 4 is 6.29 Å². The van der Waals surface area contributed by atoms with Crippen LogP contribution in [0.15, 0.2) is 30.3 Å². The Balaban J connectivity index is 2.06. The lowest BCUT2D eigenvalue weighted by molar-refractivity contribution is -0.137. The SMILES string of the molecule is Cc1cc2c(n1[C@H](CCC(C)C)c1ccc(C(F)(F)F)cc1)C(CC=O)CCC2. The number of rotatable bonds is 7. The third kappa shape index (κ3) is 4.76. The summed E-state index contributed by atoms with van der Waals surface area (Å²) in [6, 6.07) is 7.81. The first-order valence-corrected chi connectivity index (χ1v) is 10.5. The van der Waals surface area contributed by atoms with Crippen molar-refractivity contribution in [1.29, 1.82) is 0 Å². The van der Waals surface area contributed by atoms with Crippen molar-refractivity contribution in [2.45, 2.75) is 77.4 Å². The fourth-order valence-corrected chi connectivity index (χ4v) is 4.66. The first-order valence-electron chi connectivity index (χ1n) is 10.5. The lowest BCUT2D eigenvalue weighted by Crippen LogP contribution is -2.21. The molecule has 158 valence electrons. The normalized spacial score (nSPS) is 18.0. The number of aromatic nitrogens is 1. The Bertz CT molecular complexity index is 833. The van der Waals surface area contributed by atoms with E-state index in [2.05, 4.69) is 31.4 Å². The molecule has 0 radical (unpaired) electrons. The van der Waals surface area contributed by atoms with Crippen molar-refractivity contribution in [2.75, 3.05) is 0 Å². The Hall–Kier alpha value is -2.04. The molecule has 2 nitrogen and oxygen atoms in total. The molecule has 0 spiro atoms. The maximum absolute atomic E-state index is 13.0. The van der Waals surface area contributed by atoms with Crippen molar-refractivity contribution in [1.82, 2.24) is 4.57 Å². The summed E-state index contributed by atoms with van der Waals surface area (Å²) in [5, 5.41) is 0. The van der Waals surface area contributed by atoms with Crippen LogP contribution in [0.4, 0.5) is 13.2 Å². The number of benzene rings is 1. The molecule has 29 heavy (non-hydrogen) atoms. The molecule has 2 aromatic rings. The van der Waals surface area contributed by atoms with Crippen LogP contribution in [0.3, 0.4) is 0 Å². The smallest absolute Gasteiger partial charge is 0.341 e. The molecular formula is C24H30F3NO. The van der Waals surface area contributed by atoms with E-state index in [0.29, 0.717) is 12.3 Å². The van der Waals surface area contributed by atoms with Gasteiger partial charge in [-0.05, 0) is 74.3 Å². The molecule has 0 saturated heterocycles. The number of nitrogens with zero attached hydrogens (tertiary/aromatic N) is 1. The molecule has 5 heteroatoms. The van der Waals surface area contributed by atoms with Crippen LogP contribution >= 0.6 is 0 Å². The molecule has 1 aromatic carbocycles. The predicted molar refractivity (Wildman–Crippen MR) is 109 cm³/mol. The molecule has 0 amide bonds. The maximum Gasteiger partial charge on any atom is 0.416 e. The van der Waals surface area contributed by atoms with Gasteiger partial charge >= 0.3 is 6.18 Å². The largest absolute Gasteiger partial charge is 0.416 e. The van der Waals surface area contributed by atoms with Crippen LogP contribution in [0.2, 0.25) is 0 Å². The highest BCUT2D eigenvalue weighted by molar-refractivity contribution is 5.52. The zero-order chi connectivity index (χ0) is 21.2. The van der Waals surface area contributed by atoms with Crippen molar-refractivity contribution in [3.05, 3.63) is 58.4 Å². The molecule has 1 aliphatic rings. The number of carbonyl (C=O) groups excluding carboxylic acids is 1. The van der Waals surface area contributed by atoms with Crippen LogP contribution in [0, 0.1) is 12.8 Å². The molecular weight excluding hydrogens is 375 g/mol. The van der Waals surface area contributed by atoms with Gasteiger partial charge in [-0.1, -0.05) is 26.0 Å². The lowest BCUT2D eigenvalue weighted by atomic mass is 9.85. The van der Waals surface area contributed by atoms with Gasteiger partial charge in [0.05, 0.1) is 11.6 Å². The molecule has 0 aliphatic heterocycles. The molecule has 1 aliphatic carbocycles. The number of aryl methyl sites for hydroxylation is 2. The Kier molecular flexibility index (Phi) is 6.55. The van der Waals surface area contributed by atoms with Gasteiger partial charge in [0, 0.05) is 23.7 Å². The number of halogens is 3. The van der Waals surface area contributed by atoms with E-state index in [1.54, 1.807) is 12.1 Å². The summed E-state index contributed by atoms with van der Waals surface area (Å²) in [5.74, 6) is 0.699. The number of carbonyl (C=O) groups is 1. The second-order valence-electron chi connectivity index (χ2n) is 8.66. The van der Waals surface area contributed by atoms with Gasteiger partial charge in [-0.25, -0.2) is 0 Å². The molecule has 3 rings (SSSR count). The van der Waals surface area contributed by atoms with Crippen molar-refractivity contribution < 1.29 is 18.0 Å². The minimum Gasteiger partial charge on any atom is -0.341 e. The van der Waals surface area contributed by atoms with Crippen LogP contribution in [0.5, 0.6) is 0 Å². The van der Waals surface area contributed by atoms with Crippen molar-refractivity contribution in [2.24, 2.45) is 5.92 Å². The van der Waals surface area contributed by atoms with Crippen molar-refractivity contribution in [3.8, 4) is 0 Å². The standard InChI is InChI=1S/C24H30F3NO/c1-16(2)7-12-22(18-8-10-21(11-9-18)24(25,26)27)28-17(3)15-20-6-4-5-19(13-14-29)23(20)28/h8-11,14-16,19,22H,4-7,12-13H2,1-3H3/t19?,22-/m1/s1. The number of alkyl halides is 3. The van der Waals surface area contributed by atoms with E-state index < -0.39 is 11.7 Å². The van der Waals surface area contributed by atoms with Crippen LogP contribution in [0.1, 0.15) is 86.0 Å². The Morgan fingerprint density at radius 1 is 1.17 bits per heavy atom. The van der Waals surface area contributed by atoms with Crippen molar-refractivity contribution in [3.63, 3.8) is 0 Å². The first kappa shape index (κ1) is 21.7. The minimum absolute atomic E-state index is 0.0179. The Labute approximate surface area is 171 Å². The summed E-state index contributed by atoms with van der Waals surface area (Å²) in [5.41, 5.74) is 3.92. The van der Waals surface area contributed by atoms with Crippen LogP contribution in [-0.2, 0) is 17.4 Å². The van der Waals surface area contributed by atoms with Gasteiger partial charge in [0.25, 0.3) is 0 Å². The third-order valence-electron chi connectivity index (χ3n) is 6.07. The van der Waals surface area contributed by atoms with Gasteiger partial charge in [-0.15, -0.1) is 0 Å². The zero-order valence-corrected chi connectivity index (χ0v) is 17.4. The first-order chi connectivity index (χ1) is 13.7. The summed E-state index contributed by atoms with van der Waals surface area (Å²) in [7, 11) is 0. The minimum atomic E-state index is -4.33. The molecule has 0 N–H and O–H groups in total. The van der Waals surface area contributed by atoms with Crippen LogP contribution in [0.25, 0.3) is 0 Å². The zero-order valence-electron chi connectivity index (χ0n) is 17.4. The van der Waals surface area contributed by atoms with Gasteiger partial charge in [-0.3, -0.25) is 0 Å². The molecule has 1 unspecified atom stereocenters. The predicted octanol–water partition coefficient (Wildman–Crippen LogP) is 6.85. The van der Waals surface area contributed by atoms with Gasteiger partial charge in [-0.2, -0.15) is 13.2 Å². The molecule has 0 fully saturated rings. The van der Waals surface area contributed by atoms with E-state index in [1.165, 1.54) is 23.4 Å². The number of hydrogen-bond acceptors (Lipinski definition) is 1. The summed E-state index contributed by atoms with van der Waals surface area (Å²) in [6.07, 6.45) is 2.07. The average Bonchev–Trinajstić information content (AvgIpc) is 2.99. The fourth-order valence-electron chi connectivity index (χ4n) is 4.66. The van der Waals surface area contributed by atoms with Gasteiger partial charge < -0.3 is 9.36 Å². The number of aldehydes is 1. The second-order valence-corrected chi connectivity index (χ2v) is 8.66. The Morgan fingerprint density at radius 3 is 2.45 bits per heavy atom. The van der Waals surface area contributed by atoms with Gasteiger partial charge in [0.1, 0.15) is 6.29 Å². The van der Waals surface area contributed by atoms with E-state index in [-0.39, 0.29) is 12.0 Å². The van der Waals surface area contributed by atoms with Crippen LogP contribution in [-0.4, -0.2) is 10.9 Å². The molecule has 2 atom stereocenters. The topological polar surface area (TPSA) is 22.0 Å². The van der Waals surface area contributed by atoms with Gasteiger partial charge in [0.2, 0.25) is 0 Å². The molecule has 0 bridgehead atoms. The molecule has 1 aromatic heterocycles.